The van der Waals surface area contributed by atoms with E-state index in [4.69, 9.17) is 5.11 Å². The number of nitrogens with zero attached hydrogens (tertiary/aromatic N) is 1. The number of hydrogen-bond acceptors (Lipinski definition) is 2. The molecule has 1 aromatic heterocycles. The van der Waals surface area contributed by atoms with Gasteiger partial charge in [-0.1, -0.05) is 13.3 Å². The minimum absolute atomic E-state index is 0.138. The maximum Gasteiger partial charge on any atom is 0.335 e. The molecule has 1 aliphatic rings. The summed E-state index contributed by atoms with van der Waals surface area (Å²) in [4.78, 5) is 25.8. The van der Waals surface area contributed by atoms with Crippen LogP contribution in [0.5, 0.6) is 0 Å². The van der Waals surface area contributed by atoms with E-state index in [0.29, 0.717) is 17.0 Å². The van der Waals surface area contributed by atoms with Crippen LogP contribution in [-0.4, -0.2) is 20.6 Å². The van der Waals surface area contributed by atoms with Crippen molar-refractivity contribution in [3.8, 4) is 0 Å². The smallest absolute Gasteiger partial charge is 0.335 e. The standard InChI is InChI=1S/C14H16N2O3/c1-2-3-8-6-11(8)16-12-7-9(13(17)18)4-5-10(12)15-14(16)19/h4-5,7-8,11H,2-3,6H2,1H3,(H,15,19)(H,17,18). The van der Waals surface area contributed by atoms with Gasteiger partial charge in [-0.3, -0.25) is 4.57 Å². The molecule has 1 aromatic carbocycles. The van der Waals surface area contributed by atoms with E-state index in [-0.39, 0.29) is 17.3 Å². The molecule has 1 saturated carbocycles. The van der Waals surface area contributed by atoms with Gasteiger partial charge in [0.15, 0.2) is 0 Å². The van der Waals surface area contributed by atoms with E-state index in [1.165, 1.54) is 6.07 Å². The van der Waals surface area contributed by atoms with Crippen LogP contribution in [0.15, 0.2) is 23.0 Å². The third-order valence-corrected chi connectivity index (χ3v) is 3.84. The van der Waals surface area contributed by atoms with Gasteiger partial charge in [0, 0.05) is 6.04 Å². The lowest BCUT2D eigenvalue weighted by molar-refractivity contribution is 0.0697. The van der Waals surface area contributed by atoms with Gasteiger partial charge in [0.1, 0.15) is 0 Å². The second-order valence-corrected chi connectivity index (χ2v) is 5.19. The van der Waals surface area contributed by atoms with E-state index in [1.54, 1.807) is 16.7 Å². The van der Waals surface area contributed by atoms with E-state index in [1.807, 2.05) is 0 Å². The van der Waals surface area contributed by atoms with Crippen LogP contribution in [0.2, 0.25) is 0 Å². The zero-order valence-electron chi connectivity index (χ0n) is 10.7. The quantitative estimate of drug-likeness (QED) is 0.886. The van der Waals surface area contributed by atoms with Gasteiger partial charge < -0.3 is 10.1 Å². The van der Waals surface area contributed by atoms with Crippen LogP contribution in [0.1, 0.15) is 42.6 Å². The van der Waals surface area contributed by atoms with Crippen LogP contribution in [0.3, 0.4) is 0 Å². The van der Waals surface area contributed by atoms with Gasteiger partial charge in [0.05, 0.1) is 16.6 Å². The van der Waals surface area contributed by atoms with Crippen LogP contribution in [0, 0.1) is 5.92 Å². The van der Waals surface area contributed by atoms with Gasteiger partial charge in [-0.2, -0.15) is 0 Å². The van der Waals surface area contributed by atoms with Crippen molar-refractivity contribution in [2.45, 2.75) is 32.2 Å². The molecular weight excluding hydrogens is 244 g/mol. The fourth-order valence-corrected chi connectivity index (χ4v) is 2.81. The van der Waals surface area contributed by atoms with E-state index < -0.39 is 5.97 Å². The lowest BCUT2D eigenvalue weighted by Gasteiger charge is -2.03. The number of aromatic carboxylic acids is 1. The number of rotatable bonds is 4. The summed E-state index contributed by atoms with van der Waals surface area (Å²) >= 11 is 0. The predicted molar refractivity (Wildman–Crippen MR) is 71.6 cm³/mol. The maximum atomic E-state index is 12.0. The molecule has 1 aliphatic carbocycles. The summed E-state index contributed by atoms with van der Waals surface area (Å²) in [5.74, 6) is -0.418. The van der Waals surface area contributed by atoms with E-state index in [2.05, 4.69) is 11.9 Å². The van der Waals surface area contributed by atoms with Crippen molar-refractivity contribution in [1.82, 2.24) is 9.55 Å². The van der Waals surface area contributed by atoms with Crippen molar-refractivity contribution in [2.24, 2.45) is 5.92 Å². The third kappa shape index (κ3) is 1.95. The van der Waals surface area contributed by atoms with Crippen molar-refractivity contribution in [3.63, 3.8) is 0 Å². The maximum absolute atomic E-state index is 12.0. The fourth-order valence-electron chi connectivity index (χ4n) is 2.81. The number of carboxylic acids is 1. The Balaban J connectivity index is 2.08. The van der Waals surface area contributed by atoms with E-state index in [0.717, 1.165) is 19.3 Å². The van der Waals surface area contributed by atoms with Crippen molar-refractivity contribution in [2.75, 3.05) is 0 Å². The number of benzene rings is 1. The second kappa shape index (κ2) is 4.26. The predicted octanol–water partition coefficient (Wildman–Crippen LogP) is 2.39. The number of hydrogen-bond donors (Lipinski definition) is 2. The highest BCUT2D eigenvalue weighted by Gasteiger charge is 2.39. The molecule has 19 heavy (non-hydrogen) atoms. The molecule has 100 valence electrons. The molecule has 5 heteroatoms. The third-order valence-electron chi connectivity index (χ3n) is 3.84. The monoisotopic (exact) mass is 260 g/mol. The summed E-state index contributed by atoms with van der Waals surface area (Å²) in [6.45, 7) is 2.13. The first-order valence-electron chi connectivity index (χ1n) is 6.59. The molecule has 0 aliphatic heterocycles. The number of fused-ring (bicyclic) bond motifs is 1. The Kier molecular flexibility index (Phi) is 2.69. The Hall–Kier alpha value is -2.04. The first-order valence-corrected chi connectivity index (χ1v) is 6.59. The first kappa shape index (κ1) is 12.0. The average molecular weight is 260 g/mol. The second-order valence-electron chi connectivity index (χ2n) is 5.19. The minimum atomic E-state index is -0.969. The molecule has 2 N–H and O–H groups in total. The first-order chi connectivity index (χ1) is 9.11. The number of aromatic nitrogens is 2. The molecule has 0 spiro atoms. The molecule has 5 nitrogen and oxygen atoms in total. The van der Waals surface area contributed by atoms with Gasteiger partial charge >= 0.3 is 11.7 Å². The number of carboxylic acid groups (broad SMARTS) is 1. The SMILES string of the molecule is CCCC1CC1n1c(=O)[nH]c2ccc(C(=O)O)cc21. The van der Waals surface area contributed by atoms with E-state index >= 15 is 0 Å². The van der Waals surface area contributed by atoms with Crippen molar-refractivity contribution in [1.29, 1.82) is 0 Å². The van der Waals surface area contributed by atoms with Gasteiger partial charge in [-0.05, 0) is 37.0 Å². The van der Waals surface area contributed by atoms with Crippen LogP contribution >= 0.6 is 0 Å². The number of nitrogens with one attached hydrogen (secondary N) is 1. The molecular formula is C14H16N2O3. The van der Waals surface area contributed by atoms with Crippen molar-refractivity contribution < 1.29 is 9.90 Å². The summed E-state index contributed by atoms with van der Waals surface area (Å²) in [7, 11) is 0. The summed E-state index contributed by atoms with van der Waals surface area (Å²) < 4.78 is 1.72. The Morgan fingerprint density at radius 2 is 2.32 bits per heavy atom. The minimum Gasteiger partial charge on any atom is -0.478 e. The summed E-state index contributed by atoms with van der Waals surface area (Å²) in [5.41, 5.74) is 1.49. The lowest BCUT2D eigenvalue weighted by Crippen LogP contribution is -2.16. The van der Waals surface area contributed by atoms with Crippen molar-refractivity contribution in [3.05, 3.63) is 34.2 Å². The van der Waals surface area contributed by atoms with Crippen LogP contribution in [0.4, 0.5) is 0 Å². The molecule has 2 unspecified atom stereocenters. The lowest BCUT2D eigenvalue weighted by atomic mass is 10.2. The van der Waals surface area contributed by atoms with Crippen LogP contribution < -0.4 is 5.69 Å². The summed E-state index contributed by atoms with van der Waals surface area (Å²) in [5, 5.41) is 9.03. The number of carbonyl (C=O) groups is 1. The van der Waals surface area contributed by atoms with E-state index in [9.17, 15) is 9.59 Å². The van der Waals surface area contributed by atoms with Gasteiger partial charge in [0.2, 0.25) is 0 Å². The fraction of sp³-hybridized carbons (Fsp3) is 0.429. The van der Waals surface area contributed by atoms with Crippen LogP contribution in [-0.2, 0) is 0 Å². The number of imidazole rings is 1. The molecule has 3 rings (SSSR count). The molecule has 2 atom stereocenters. The topological polar surface area (TPSA) is 75.1 Å². The highest BCUT2D eigenvalue weighted by Crippen LogP contribution is 2.46. The zero-order valence-corrected chi connectivity index (χ0v) is 10.7. The molecule has 0 bridgehead atoms. The normalized spacial score (nSPS) is 21.7. The van der Waals surface area contributed by atoms with Crippen LogP contribution in [0.25, 0.3) is 11.0 Å². The van der Waals surface area contributed by atoms with Gasteiger partial charge in [-0.15, -0.1) is 0 Å². The molecule has 2 aromatic rings. The highest BCUT2D eigenvalue weighted by atomic mass is 16.4. The largest absolute Gasteiger partial charge is 0.478 e. The number of aromatic amines is 1. The molecule has 0 saturated heterocycles. The summed E-state index contributed by atoms with van der Waals surface area (Å²) in [6.07, 6.45) is 3.24. The molecule has 0 amide bonds. The Labute approximate surface area is 109 Å². The summed E-state index contributed by atoms with van der Waals surface area (Å²) in [6, 6.07) is 4.98. The Morgan fingerprint density at radius 3 is 3.00 bits per heavy atom. The Bertz CT molecular complexity index is 698. The highest BCUT2D eigenvalue weighted by molar-refractivity contribution is 5.92. The van der Waals surface area contributed by atoms with Crippen molar-refractivity contribution >= 4 is 17.0 Å². The van der Waals surface area contributed by atoms with Gasteiger partial charge in [0.25, 0.3) is 0 Å². The van der Waals surface area contributed by atoms with Gasteiger partial charge in [-0.25, -0.2) is 9.59 Å². The zero-order chi connectivity index (χ0) is 13.6. The Morgan fingerprint density at radius 1 is 1.53 bits per heavy atom. The molecule has 1 fully saturated rings. The molecule has 0 radical (unpaired) electrons. The number of H-pyrrole nitrogens is 1. The average Bonchev–Trinajstić information content (AvgIpc) is 3.02. The molecule has 1 heterocycles.